The fraction of sp³-hybridized carbons (Fsp3) is 0. The number of halogens is 2. The van der Waals surface area contributed by atoms with Crippen LogP contribution >= 0.6 is 27.5 Å². The Morgan fingerprint density at radius 1 is 0.577 bits per heavy atom. The maximum absolute atomic E-state index is 6.48. The second-order valence-corrected chi connectivity index (χ2v) is 6.87. The van der Waals surface area contributed by atoms with E-state index in [0.29, 0.717) is 22.5 Å². The lowest BCUT2D eigenvalue weighted by Gasteiger charge is -2.09. The Hall–Kier alpha value is -2.56. The van der Waals surface area contributed by atoms with Crippen molar-refractivity contribution in [2.75, 3.05) is 0 Å². The van der Waals surface area contributed by atoms with Gasteiger partial charge < -0.3 is 0 Å². The van der Waals surface area contributed by atoms with Gasteiger partial charge in [0.05, 0.1) is 5.02 Å². The van der Waals surface area contributed by atoms with E-state index in [9.17, 15) is 0 Å². The van der Waals surface area contributed by atoms with Crippen molar-refractivity contribution < 1.29 is 0 Å². The molecule has 0 saturated heterocycles. The molecule has 26 heavy (non-hydrogen) atoms. The van der Waals surface area contributed by atoms with Gasteiger partial charge in [-0.25, -0.2) is 15.0 Å². The summed E-state index contributed by atoms with van der Waals surface area (Å²) in [6, 6.07) is 25.4. The van der Waals surface area contributed by atoms with Crippen LogP contribution in [0.3, 0.4) is 0 Å². The molecule has 4 rings (SSSR count). The van der Waals surface area contributed by atoms with Crippen LogP contribution in [0.5, 0.6) is 0 Å². The van der Waals surface area contributed by atoms with Crippen LogP contribution in [0, 0.1) is 0 Å². The van der Waals surface area contributed by atoms with E-state index in [-0.39, 0.29) is 0 Å². The smallest absolute Gasteiger partial charge is 0.165 e. The number of nitrogens with zero attached hydrogens (tertiary/aromatic N) is 3. The molecule has 5 heteroatoms. The van der Waals surface area contributed by atoms with Crippen molar-refractivity contribution in [2.24, 2.45) is 0 Å². The van der Waals surface area contributed by atoms with Crippen LogP contribution < -0.4 is 0 Å². The van der Waals surface area contributed by atoms with Gasteiger partial charge in [0, 0.05) is 21.2 Å². The van der Waals surface area contributed by atoms with E-state index in [4.69, 9.17) is 11.6 Å². The zero-order valence-electron chi connectivity index (χ0n) is 13.6. The van der Waals surface area contributed by atoms with Gasteiger partial charge in [0.1, 0.15) is 0 Å². The summed E-state index contributed by atoms with van der Waals surface area (Å²) < 4.78 is 0.805. The molecule has 0 amide bonds. The molecule has 0 saturated carbocycles. The molecule has 0 spiro atoms. The highest BCUT2D eigenvalue weighted by Crippen LogP contribution is 2.33. The lowest BCUT2D eigenvalue weighted by atomic mass is 10.1. The molecule has 4 aromatic rings. The summed E-state index contributed by atoms with van der Waals surface area (Å²) in [7, 11) is 0. The Labute approximate surface area is 164 Å². The van der Waals surface area contributed by atoms with Crippen LogP contribution in [0.15, 0.2) is 83.3 Å². The van der Waals surface area contributed by atoms with E-state index >= 15 is 0 Å². The second-order valence-electron chi connectivity index (χ2n) is 5.64. The predicted molar refractivity (Wildman–Crippen MR) is 109 cm³/mol. The summed E-state index contributed by atoms with van der Waals surface area (Å²) in [6.45, 7) is 0. The van der Waals surface area contributed by atoms with Gasteiger partial charge in [-0.3, -0.25) is 0 Å². The van der Waals surface area contributed by atoms with Gasteiger partial charge in [0.25, 0.3) is 0 Å². The minimum atomic E-state index is 0.545. The molecule has 1 aromatic heterocycles. The summed E-state index contributed by atoms with van der Waals surface area (Å²) in [6.07, 6.45) is 0. The van der Waals surface area contributed by atoms with Crippen LogP contribution in [-0.4, -0.2) is 15.0 Å². The maximum atomic E-state index is 6.48. The lowest BCUT2D eigenvalue weighted by molar-refractivity contribution is 1.07. The number of hydrogen-bond acceptors (Lipinski definition) is 3. The molecule has 0 radical (unpaired) electrons. The summed E-state index contributed by atoms with van der Waals surface area (Å²) in [5.74, 6) is 1.78. The lowest BCUT2D eigenvalue weighted by Crippen LogP contribution is -2.00. The minimum absolute atomic E-state index is 0.545. The first-order valence-electron chi connectivity index (χ1n) is 8.03. The summed E-state index contributed by atoms with van der Waals surface area (Å²) in [5.41, 5.74) is 2.62. The van der Waals surface area contributed by atoms with Crippen molar-refractivity contribution in [3.05, 3.63) is 88.4 Å². The third-order valence-corrected chi connectivity index (χ3v) is 5.19. The highest BCUT2D eigenvalue weighted by atomic mass is 79.9. The van der Waals surface area contributed by atoms with Gasteiger partial charge in [-0.05, 0) is 28.1 Å². The van der Waals surface area contributed by atoms with E-state index < -0.39 is 0 Å². The highest BCUT2D eigenvalue weighted by molar-refractivity contribution is 9.10. The molecule has 1 heterocycles. The molecule has 0 fully saturated rings. The number of benzene rings is 3. The maximum Gasteiger partial charge on any atom is 0.165 e. The third kappa shape index (κ3) is 3.39. The molecule has 0 unspecified atom stereocenters. The van der Waals surface area contributed by atoms with E-state index in [1.165, 1.54) is 0 Å². The van der Waals surface area contributed by atoms with Gasteiger partial charge in [0.2, 0.25) is 0 Å². The van der Waals surface area contributed by atoms with E-state index in [1.54, 1.807) is 0 Å². The van der Waals surface area contributed by atoms with Crippen LogP contribution in [0.4, 0.5) is 0 Å². The first kappa shape index (κ1) is 16.9. The van der Waals surface area contributed by atoms with Crippen LogP contribution in [0.25, 0.3) is 34.2 Å². The molecule has 3 nitrogen and oxygen atoms in total. The van der Waals surface area contributed by atoms with Gasteiger partial charge in [-0.2, -0.15) is 0 Å². The molecule has 0 aliphatic rings. The molecule has 0 bridgehead atoms. The zero-order chi connectivity index (χ0) is 17.9. The molecule has 0 aliphatic carbocycles. The number of hydrogen-bond donors (Lipinski definition) is 0. The third-order valence-electron chi connectivity index (χ3n) is 3.89. The van der Waals surface area contributed by atoms with Gasteiger partial charge in [-0.15, -0.1) is 0 Å². The van der Waals surface area contributed by atoms with Crippen LogP contribution in [-0.2, 0) is 0 Å². The second kappa shape index (κ2) is 7.36. The quantitative estimate of drug-likeness (QED) is 0.389. The number of aromatic nitrogens is 3. The zero-order valence-corrected chi connectivity index (χ0v) is 15.9. The predicted octanol–water partition coefficient (Wildman–Crippen LogP) is 6.29. The van der Waals surface area contributed by atoms with Gasteiger partial charge in [-0.1, -0.05) is 78.3 Å². The van der Waals surface area contributed by atoms with E-state index in [0.717, 1.165) is 21.2 Å². The Kier molecular flexibility index (Phi) is 4.78. The molecule has 3 aromatic carbocycles. The average molecular weight is 423 g/mol. The largest absolute Gasteiger partial charge is 0.208 e. The summed E-state index contributed by atoms with van der Waals surface area (Å²) in [4.78, 5) is 14.0. The molecule has 0 atom stereocenters. The first-order valence-corrected chi connectivity index (χ1v) is 9.21. The Morgan fingerprint density at radius 3 is 1.62 bits per heavy atom. The molecule has 126 valence electrons. The SMILES string of the molecule is Clc1c(Br)cccc1-c1nc(-c2ccccc2)nc(-c2ccccc2)n1. The Morgan fingerprint density at radius 2 is 1.08 bits per heavy atom. The molecule has 0 aliphatic heterocycles. The minimum Gasteiger partial charge on any atom is -0.208 e. The Balaban J connectivity index is 1.95. The fourth-order valence-corrected chi connectivity index (χ4v) is 3.18. The first-order chi connectivity index (χ1) is 12.7. The monoisotopic (exact) mass is 421 g/mol. The standard InChI is InChI=1S/C21H13BrClN3/c22-17-13-7-12-16(18(17)23)21-25-19(14-8-3-1-4-9-14)24-20(26-21)15-10-5-2-6-11-15/h1-13H. The average Bonchev–Trinajstić information content (AvgIpc) is 2.71. The van der Waals surface area contributed by atoms with Crippen molar-refractivity contribution in [1.82, 2.24) is 15.0 Å². The topological polar surface area (TPSA) is 38.7 Å². The van der Waals surface area contributed by atoms with Crippen molar-refractivity contribution in [2.45, 2.75) is 0 Å². The molecule has 0 N–H and O–H groups in total. The molecular formula is C21H13BrClN3. The Bertz CT molecular complexity index is 996. The molecular weight excluding hydrogens is 410 g/mol. The summed E-state index contributed by atoms with van der Waals surface area (Å²) in [5, 5.41) is 0.580. The van der Waals surface area contributed by atoms with Crippen LogP contribution in [0.1, 0.15) is 0 Å². The fourth-order valence-electron chi connectivity index (χ4n) is 2.61. The van der Waals surface area contributed by atoms with E-state index in [2.05, 4.69) is 30.9 Å². The number of rotatable bonds is 3. The highest BCUT2D eigenvalue weighted by Gasteiger charge is 2.14. The van der Waals surface area contributed by atoms with Crippen molar-refractivity contribution in [1.29, 1.82) is 0 Å². The van der Waals surface area contributed by atoms with Gasteiger partial charge in [0.15, 0.2) is 17.5 Å². The van der Waals surface area contributed by atoms with Crippen LogP contribution in [0.2, 0.25) is 5.02 Å². The normalized spacial score (nSPS) is 10.7. The van der Waals surface area contributed by atoms with E-state index in [1.807, 2.05) is 78.9 Å². The van der Waals surface area contributed by atoms with Crippen molar-refractivity contribution >= 4 is 27.5 Å². The van der Waals surface area contributed by atoms with Crippen molar-refractivity contribution in [3.63, 3.8) is 0 Å². The van der Waals surface area contributed by atoms with Crippen molar-refractivity contribution in [3.8, 4) is 34.2 Å². The van der Waals surface area contributed by atoms with Gasteiger partial charge >= 0.3 is 0 Å². The summed E-state index contributed by atoms with van der Waals surface area (Å²) >= 11 is 9.94.